The Morgan fingerprint density at radius 1 is 1.38 bits per heavy atom. The Labute approximate surface area is 153 Å². The summed E-state index contributed by atoms with van der Waals surface area (Å²) in [6, 6.07) is 6.63. The van der Waals surface area contributed by atoms with Crippen LogP contribution in [0.15, 0.2) is 24.3 Å². The molecule has 8 nitrogen and oxygen atoms in total. The lowest BCUT2D eigenvalue weighted by Gasteiger charge is -2.23. The van der Waals surface area contributed by atoms with Crippen LogP contribution >= 0.6 is 0 Å². The van der Waals surface area contributed by atoms with E-state index in [1.54, 1.807) is 45.3 Å². The Morgan fingerprint density at radius 2 is 2.08 bits per heavy atom. The SMILES string of the molecule is COc1cccc([C@@]2(C)NC(=O)N(C[NH+](C)CC(=O)NC(C)C)C2=O)c1. The van der Waals surface area contributed by atoms with Crippen molar-refractivity contribution in [3.63, 3.8) is 0 Å². The maximum atomic E-state index is 12.9. The van der Waals surface area contributed by atoms with E-state index in [-0.39, 0.29) is 31.1 Å². The second kappa shape index (κ2) is 7.74. The van der Waals surface area contributed by atoms with Gasteiger partial charge < -0.3 is 20.3 Å². The summed E-state index contributed by atoms with van der Waals surface area (Å²) in [7, 11) is 3.31. The monoisotopic (exact) mass is 363 g/mol. The topological polar surface area (TPSA) is 92.2 Å². The van der Waals surface area contributed by atoms with Crippen LogP contribution in [0.5, 0.6) is 5.75 Å². The van der Waals surface area contributed by atoms with Crippen LogP contribution in [0.25, 0.3) is 0 Å². The number of carbonyl (C=O) groups is 3. The number of ether oxygens (including phenoxy) is 1. The van der Waals surface area contributed by atoms with E-state index in [0.29, 0.717) is 11.3 Å². The smallest absolute Gasteiger partial charge is 0.329 e. The van der Waals surface area contributed by atoms with Gasteiger partial charge in [0.15, 0.2) is 13.2 Å². The summed E-state index contributed by atoms with van der Waals surface area (Å²) in [5.41, 5.74) is -0.514. The van der Waals surface area contributed by atoms with Crippen molar-refractivity contribution >= 4 is 17.8 Å². The number of rotatable bonds is 7. The fraction of sp³-hybridized carbons (Fsp3) is 0.500. The maximum absolute atomic E-state index is 12.9. The number of hydrogen-bond acceptors (Lipinski definition) is 4. The van der Waals surface area contributed by atoms with Crippen LogP contribution in [0.3, 0.4) is 0 Å². The molecule has 2 atom stereocenters. The zero-order valence-corrected chi connectivity index (χ0v) is 15.9. The molecule has 0 aliphatic carbocycles. The highest BCUT2D eigenvalue weighted by molar-refractivity contribution is 6.07. The van der Waals surface area contributed by atoms with E-state index in [0.717, 1.165) is 9.80 Å². The summed E-state index contributed by atoms with van der Waals surface area (Å²) in [5, 5.41) is 5.55. The minimum absolute atomic E-state index is 0.0448. The summed E-state index contributed by atoms with van der Waals surface area (Å²) < 4.78 is 5.20. The second-order valence-electron chi connectivity index (χ2n) is 7.03. The molecule has 142 valence electrons. The standard InChI is InChI=1S/C18H26N4O4/c1-12(2)19-15(23)10-21(4)11-22-16(24)18(3,20-17(22)25)13-7-6-8-14(9-13)26-5/h6-9,12H,10-11H2,1-5H3,(H,19,23)(H,20,25)/p+1/t18-/m1/s1. The molecule has 1 aromatic rings. The lowest BCUT2D eigenvalue weighted by Crippen LogP contribution is -3.12. The number of likely N-dealkylation sites (N-methyl/N-ethyl adjacent to an activating group) is 1. The minimum atomic E-state index is -1.16. The number of amides is 4. The van der Waals surface area contributed by atoms with Gasteiger partial charge in [0, 0.05) is 6.04 Å². The molecule has 0 radical (unpaired) electrons. The summed E-state index contributed by atoms with van der Waals surface area (Å²) in [6.45, 7) is 5.71. The summed E-state index contributed by atoms with van der Waals surface area (Å²) in [4.78, 5) is 39.1. The summed E-state index contributed by atoms with van der Waals surface area (Å²) >= 11 is 0. The highest BCUT2D eigenvalue weighted by Crippen LogP contribution is 2.30. The minimum Gasteiger partial charge on any atom is -0.497 e. The molecule has 4 amide bonds. The molecule has 0 saturated carbocycles. The number of nitrogens with one attached hydrogen (secondary N) is 3. The van der Waals surface area contributed by atoms with E-state index in [4.69, 9.17) is 4.74 Å². The van der Waals surface area contributed by atoms with Crippen LogP contribution in [0.2, 0.25) is 0 Å². The fourth-order valence-electron chi connectivity index (χ4n) is 2.94. The quantitative estimate of drug-likeness (QED) is 0.568. The van der Waals surface area contributed by atoms with Gasteiger partial charge in [0.25, 0.3) is 11.8 Å². The first kappa shape index (κ1) is 19.7. The van der Waals surface area contributed by atoms with Crippen LogP contribution in [0, 0.1) is 0 Å². The second-order valence-corrected chi connectivity index (χ2v) is 7.03. The molecule has 0 spiro atoms. The van der Waals surface area contributed by atoms with Crippen LogP contribution in [-0.2, 0) is 15.1 Å². The highest BCUT2D eigenvalue weighted by Gasteiger charge is 2.50. The largest absolute Gasteiger partial charge is 0.497 e. The molecule has 8 heteroatoms. The number of benzene rings is 1. The third-order valence-electron chi connectivity index (χ3n) is 4.26. The van der Waals surface area contributed by atoms with Crippen LogP contribution < -0.4 is 20.3 Å². The van der Waals surface area contributed by atoms with Crippen molar-refractivity contribution in [1.29, 1.82) is 0 Å². The van der Waals surface area contributed by atoms with Gasteiger partial charge in [-0.3, -0.25) is 9.59 Å². The average Bonchev–Trinajstić information content (AvgIpc) is 2.78. The van der Waals surface area contributed by atoms with Crippen LogP contribution in [0.4, 0.5) is 4.79 Å². The Morgan fingerprint density at radius 3 is 2.69 bits per heavy atom. The van der Waals surface area contributed by atoms with Crippen molar-refractivity contribution < 1.29 is 24.0 Å². The molecule has 1 fully saturated rings. The number of imide groups is 1. The highest BCUT2D eigenvalue weighted by atomic mass is 16.5. The van der Waals surface area contributed by atoms with Gasteiger partial charge in [-0.1, -0.05) is 12.1 Å². The van der Waals surface area contributed by atoms with E-state index in [1.165, 1.54) is 0 Å². The maximum Gasteiger partial charge on any atom is 0.329 e. The Hall–Kier alpha value is -2.61. The summed E-state index contributed by atoms with van der Waals surface area (Å²) in [6.07, 6.45) is 0. The summed E-state index contributed by atoms with van der Waals surface area (Å²) in [5.74, 6) is 0.136. The van der Waals surface area contributed by atoms with E-state index >= 15 is 0 Å². The van der Waals surface area contributed by atoms with Gasteiger partial charge in [0.05, 0.1) is 14.2 Å². The van der Waals surface area contributed by atoms with E-state index in [2.05, 4.69) is 10.6 Å². The number of hydrogen-bond donors (Lipinski definition) is 3. The van der Waals surface area contributed by atoms with E-state index in [1.807, 2.05) is 13.8 Å². The predicted octanol–water partition coefficient (Wildman–Crippen LogP) is -0.541. The lowest BCUT2D eigenvalue weighted by molar-refractivity contribution is -0.879. The number of methoxy groups -OCH3 is 1. The van der Waals surface area contributed by atoms with Gasteiger partial charge in [0.2, 0.25) is 0 Å². The Kier molecular flexibility index (Phi) is 5.86. The van der Waals surface area contributed by atoms with Crippen molar-refractivity contribution in [2.24, 2.45) is 0 Å². The number of quaternary nitrogens is 1. The molecule has 1 aliphatic rings. The Bertz CT molecular complexity index is 706. The van der Waals surface area contributed by atoms with Gasteiger partial charge in [-0.25, -0.2) is 9.69 Å². The zero-order chi connectivity index (χ0) is 19.5. The lowest BCUT2D eigenvalue weighted by atomic mass is 9.92. The zero-order valence-electron chi connectivity index (χ0n) is 15.9. The molecule has 0 bridgehead atoms. The van der Waals surface area contributed by atoms with Crippen LogP contribution in [-0.4, -0.2) is 56.2 Å². The molecule has 1 aliphatic heterocycles. The molecule has 1 saturated heterocycles. The molecular formula is C18H27N4O4+. The number of carbonyl (C=O) groups excluding carboxylic acids is 3. The molecule has 26 heavy (non-hydrogen) atoms. The molecule has 1 aromatic carbocycles. The molecule has 1 unspecified atom stereocenters. The molecule has 1 heterocycles. The van der Waals surface area contributed by atoms with Gasteiger partial charge >= 0.3 is 6.03 Å². The third kappa shape index (κ3) is 4.13. The molecular weight excluding hydrogens is 336 g/mol. The normalized spacial score (nSPS) is 20.9. The Balaban J connectivity index is 2.11. The third-order valence-corrected chi connectivity index (χ3v) is 4.26. The van der Waals surface area contributed by atoms with Gasteiger partial charge in [-0.15, -0.1) is 0 Å². The number of nitrogens with zero attached hydrogens (tertiary/aromatic N) is 1. The molecule has 2 rings (SSSR count). The van der Waals surface area contributed by atoms with Crippen molar-refractivity contribution in [3.8, 4) is 5.75 Å². The first-order valence-corrected chi connectivity index (χ1v) is 8.56. The van der Waals surface area contributed by atoms with E-state index in [9.17, 15) is 14.4 Å². The first-order chi connectivity index (χ1) is 12.2. The van der Waals surface area contributed by atoms with Crippen molar-refractivity contribution in [2.45, 2.75) is 32.4 Å². The van der Waals surface area contributed by atoms with Crippen LogP contribution in [0.1, 0.15) is 26.3 Å². The molecule has 0 aromatic heterocycles. The van der Waals surface area contributed by atoms with Gasteiger partial charge in [-0.2, -0.15) is 0 Å². The van der Waals surface area contributed by atoms with Crippen molar-refractivity contribution in [3.05, 3.63) is 29.8 Å². The van der Waals surface area contributed by atoms with Gasteiger partial charge in [0.1, 0.15) is 11.3 Å². The first-order valence-electron chi connectivity index (χ1n) is 8.56. The predicted molar refractivity (Wildman–Crippen MR) is 95.6 cm³/mol. The number of urea groups is 1. The molecule has 3 N–H and O–H groups in total. The van der Waals surface area contributed by atoms with Crippen molar-refractivity contribution in [1.82, 2.24) is 15.5 Å². The fourth-order valence-corrected chi connectivity index (χ4v) is 2.94. The van der Waals surface area contributed by atoms with E-state index < -0.39 is 11.6 Å². The average molecular weight is 363 g/mol. The van der Waals surface area contributed by atoms with Crippen molar-refractivity contribution in [2.75, 3.05) is 27.4 Å². The van der Waals surface area contributed by atoms with Gasteiger partial charge in [-0.05, 0) is 38.5 Å².